The fourth-order valence-electron chi connectivity index (χ4n) is 2.28. The van der Waals surface area contributed by atoms with Gasteiger partial charge in [0, 0.05) is 0 Å². The van der Waals surface area contributed by atoms with Crippen LogP contribution in [0.15, 0.2) is 49.6 Å². The minimum Gasteiger partial charge on any atom is -0.478 e. The zero-order chi connectivity index (χ0) is 16.3. The highest BCUT2D eigenvalue weighted by Crippen LogP contribution is 2.30. The van der Waals surface area contributed by atoms with E-state index in [4.69, 9.17) is 0 Å². The monoisotopic (exact) mass is 294 g/mol. The van der Waals surface area contributed by atoms with Crippen molar-refractivity contribution >= 4 is 24.1 Å². The maximum Gasteiger partial charge on any atom is 0.337 e. The third-order valence-corrected chi connectivity index (χ3v) is 3.34. The maximum atomic E-state index is 11.6. The van der Waals surface area contributed by atoms with Gasteiger partial charge in [0.15, 0.2) is 0 Å². The molecule has 2 aromatic rings. The lowest BCUT2D eigenvalue weighted by molar-refractivity contribution is 0.0652. The molecule has 2 rings (SSSR count). The van der Waals surface area contributed by atoms with Gasteiger partial charge in [0.1, 0.15) is 0 Å². The van der Waals surface area contributed by atoms with Crippen LogP contribution in [0.5, 0.6) is 0 Å². The summed E-state index contributed by atoms with van der Waals surface area (Å²) in [6.45, 7) is 7.19. The van der Waals surface area contributed by atoms with Crippen LogP contribution >= 0.6 is 0 Å². The van der Waals surface area contributed by atoms with Crippen LogP contribution in [0.25, 0.3) is 23.3 Å². The van der Waals surface area contributed by atoms with Crippen molar-refractivity contribution in [2.45, 2.75) is 0 Å². The second-order valence-electron chi connectivity index (χ2n) is 4.59. The molecule has 0 bridgehead atoms. The summed E-state index contributed by atoms with van der Waals surface area (Å²) in [6.07, 6.45) is 3.01. The molecule has 0 saturated heterocycles. The van der Waals surface area contributed by atoms with Gasteiger partial charge in [0.05, 0.1) is 11.1 Å². The first-order valence-corrected chi connectivity index (χ1v) is 6.48. The van der Waals surface area contributed by atoms with Crippen molar-refractivity contribution in [2.75, 3.05) is 0 Å². The van der Waals surface area contributed by atoms with Crippen molar-refractivity contribution in [3.63, 3.8) is 0 Å². The number of benzene rings is 2. The van der Waals surface area contributed by atoms with Crippen LogP contribution in [0.4, 0.5) is 0 Å². The fraction of sp³-hybridized carbons (Fsp3) is 0. The number of hydrogen-bond donors (Lipinski definition) is 2. The first kappa shape index (κ1) is 15.3. The first-order chi connectivity index (χ1) is 10.5. The SMILES string of the molecule is C=Cc1ccc(-c2ccc(C=C)c(C(=O)O)c2C(=O)O)cc1. The number of aromatic carboxylic acids is 2. The average molecular weight is 294 g/mol. The fourth-order valence-corrected chi connectivity index (χ4v) is 2.28. The molecule has 0 amide bonds. The van der Waals surface area contributed by atoms with Gasteiger partial charge in [-0.2, -0.15) is 0 Å². The second kappa shape index (κ2) is 6.10. The largest absolute Gasteiger partial charge is 0.478 e. The van der Waals surface area contributed by atoms with Gasteiger partial charge >= 0.3 is 11.9 Å². The third kappa shape index (κ3) is 2.67. The van der Waals surface area contributed by atoms with E-state index in [-0.39, 0.29) is 16.7 Å². The van der Waals surface area contributed by atoms with Gasteiger partial charge in [0.2, 0.25) is 0 Å². The van der Waals surface area contributed by atoms with Crippen LogP contribution in [-0.4, -0.2) is 22.2 Å². The van der Waals surface area contributed by atoms with Gasteiger partial charge in [0.25, 0.3) is 0 Å². The molecule has 110 valence electrons. The van der Waals surface area contributed by atoms with E-state index in [1.807, 2.05) is 0 Å². The van der Waals surface area contributed by atoms with E-state index in [2.05, 4.69) is 13.2 Å². The van der Waals surface area contributed by atoms with Crippen molar-refractivity contribution < 1.29 is 19.8 Å². The van der Waals surface area contributed by atoms with E-state index in [0.717, 1.165) is 5.56 Å². The topological polar surface area (TPSA) is 74.6 Å². The van der Waals surface area contributed by atoms with Gasteiger partial charge in [-0.3, -0.25) is 0 Å². The molecule has 2 N–H and O–H groups in total. The zero-order valence-electron chi connectivity index (χ0n) is 11.7. The maximum absolute atomic E-state index is 11.6. The second-order valence-corrected chi connectivity index (χ2v) is 4.59. The summed E-state index contributed by atoms with van der Waals surface area (Å²) in [5.74, 6) is -2.58. The Labute approximate surface area is 127 Å². The van der Waals surface area contributed by atoms with Crippen LogP contribution in [0.3, 0.4) is 0 Å². The lowest BCUT2D eigenvalue weighted by Crippen LogP contribution is -2.12. The Morgan fingerprint density at radius 3 is 1.86 bits per heavy atom. The summed E-state index contributed by atoms with van der Waals surface area (Å²) >= 11 is 0. The number of carboxylic acids is 2. The summed E-state index contributed by atoms with van der Waals surface area (Å²) in [5, 5.41) is 18.8. The summed E-state index contributed by atoms with van der Waals surface area (Å²) in [6, 6.07) is 10.2. The van der Waals surface area contributed by atoms with Gasteiger partial charge in [-0.1, -0.05) is 61.7 Å². The van der Waals surface area contributed by atoms with E-state index >= 15 is 0 Å². The molecule has 0 spiro atoms. The predicted molar refractivity (Wildman–Crippen MR) is 86.0 cm³/mol. The van der Waals surface area contributed by atoms with E-state index in [1.54, 1.807) is 42.5 Å². The molecule has 22 heavy (non-hydrogen) atoms. The van der Waals surface area contributed by atoms with Crippen molar-refractivity contribution in [2.24, 2.45) is 0 Å². The van der Waals surface area contributed by atoms with Crippen LogP contribution in [-0.2, 0) is 0 Å². The highest BCUT2D eigenvalue weighted by molar-refractivity contribution is 6.08. The molecule has 0 unspecified atom stereocenters. The van der Waals surface area contributed by atoms with Crippen molar-refractivity contribution in [1.29, 1.82) is 0 Å². The Morgan fingerprint density at radius 1 is 0.818 bits per heavy atom. The standard InChI is InChI=1S/C18H14O4/c1-3-11-5-7-13(8-6-11)14-10-9-12(4-2)15(17(19)20)16(14)18(21)22/h3-10H,1-2H2,(H,19,20)(H,21,22). The van der Waals surface area contributed by atoms with Gasteiger partial charge < -0.3 is 10.2 Å². The molecule has 2 aromatic carbocycles. The number of carbonyl (C=O) groups is 2. The Morgan fingerprint density at radius 2 is 1.41 bits per heavy atom. The molecule has 0 atom stereocenters. The molecule has 0 radical (unpaired) electrons. The van der Waals surface area contributed by atoms with Crippen LogP contribution in [0.1, 0.15) is 31.8 Å². The van der Waals surface area contributed by atoms with Gasteiger partial charge in [-0.15, -0.1) is 0 Å². The normalized spacial score (nSPS) is 10.0. The van der Waals surface area contributed by atoms with Crippen LogP contribution in [0, 0.1) is 0 Å². The molecule has 0 aliphatic rings. The Balaban J connectivity index is 2.77. The molecule has 4 nitrogen and oxygen atoms in total. The molecule has 4 heteroatoms. The number of carboxylic acid groups (broad SMARTS) is 2. The Bertz CT molecular complexity index is 770. The minimum absolute atomic E-state index is 0.240. The molecule has 0 aliphatic heterocycles. The lowest BCUT2D eigenvalue weighted by Gasteiger charge is -2.12. The van der Waals surface area contributed by atoms with Gasteiger partial charge in [-0.05, 0) is 22.3 Å². The molecule has 0 aromatic heterocycles. The Kier molecular flexibility index (Phi) is 4.23. The highest BCUT2D eigenvalue weighted by Gasteiger charge is 2.23. The third-order valence-electron chi connectivity index (χ3n) is 3.34. The van der Waals surface area contributed by atoms with Crippen LogP contribution in [0.2, 0.25) is 0 Å². The summed E-state index contributed by atoms with van der Waals surface area (Å²) < 4.78 is 0. The number of rotatable bonds is 5. The highest BCUT2D eigenvalue weighted by atomic mass is 16.4. The number of hydrogen-bond acceptors (Lipinski definition) is 2. The molecule has 0 saturated carbocycles. The van der Waals surface area contributed by atoms with Crippen molar-refractivity contribution in [1.82, 2.24) is 0 Å². The average Bonchev–Trinajstić information content (AvgIpc) is 2.53. The van der Waals surface area contributed by atoms with Crippen molar-refractivity contribution in [3.05, 3.63) is 71.8 Å². The molecule has 0 heterocycles. The van der Waals surface area contributed by atoms with E-state index < -0.39 is 11.9 Å². The zero-order valence-corrected chi connectivity index (χ0v) is 11.7. The quantitative estimate of drug-likeness (QED) is 0.872. The van der Waals surface area contributed by atoms with Gasteiger partial charge in [-0.25, -0.2) is 9.59 Å². The summed E-state index contributed by atoms with van der Waals surface area (Å²) in [5.41, 5.74) is 1.65. The van der Waals surface area contributed by atoms with E-state index in [9.17, 15) is 19.8 Å². The van der Waals surface area contributed by atoms with Crippen molar-refractivity contribution in [3.8, 4) is 11.1 Å². The predicted octanol–water partition coefficient (Wildman–Crippen LogP) is 4.04. The summed E-state index contributed by atoms with van der Waals surface area (Å²) in [7, 11) is 0. The lowest BCUT2D eigenvalue weighted by atomic mass is 9.91. The first-order valence-electron chi connectivity index (χ1n) is 6.48. The smallest absolute Gasteiger partial charge is 0.337 e. The van der Waals surface area contributed by atoms with E-state index in [1.165, 1.54) is 6.08 Å². The molecule has 0 aliphatic carbocycles. The van der Waals surface area contributed by atoms with Crippen LogP contribution < -0.4 is 0 Å². The molecular formula is C18H14O4. The Hall–Kier alpha value is -3.14. The minimum atomic E-state index is -1.29. The molecule has 0 fully saturated rings. The molecular weight excluding hydrogens is 280 g/mol. The van der Waals surface area contributed by atoms with E-state index in [0.29, 0.717) is 11.1 Å². The summed E-state index contributed by atoms with van der Waals surface area (Å²) in [4.78, 5) is 23.1.